The van der Waals surface area contributed by atoms with Crippen molar-refractivity contribution in [2.75, 3.05) is 0 Å². The van der Waals surface area contributed by atoms with E-state index in [0.29, 0.717) is 5.92 Å². The van der Waals surface area contributed by atoms with Gasteiger partial charge >= 0.3 is 0 Å². The molecule has 15 heavy (non-hydrogen) atoms. The number of rotatable bonds is 2. The van der Waals surface area contributed by atoms with E-state index in [4.69, 9.17) is 0 Å². The molecule has 1 aliphatic carbocycles. The predicted molar refractivity (Wildman–Crippen MR) is 77.2 cm³/mol. The van der Waals surface area contributed by atoms with Crippen molar-refractivity contribution in [3.8, 4) is 0 Å². The molecule has 2 nitrogen and oxygen atoms in total. The van der Waals surface area contributed by atoms with E-state index in [-0.39, 0.29) is 7.30 Å². The van der Waals surface area contributed by atoms with E-state index >= 15 is 0 Å². The molecule has 6 atom stereocenters. The van der Waals surface area contributed by atoms with E-state index < -0.39 is 0 Å². The lowest BCUT2D eigenvalue weighted by atomic mass is 9.90. The quantitative estimate of drug-likeness (QED) is 0.772. The molecular formula is C9H16N2P4. The zero-order valence-electron chi connectivity index (χ0n) is 8.72. The van der Waals surface area contributed by atoms with E-state index in [1.165, 1.54) is 17.8 Å². The van der Waals surface area contributed by atoms with E-state index in [2.05, 4.69) is 34.7 Å². The zero-order valence-corrected chi connectivity index (χ0v) is 12.9. The Bertz CT molecular complexity index is 347. The van der Waals surface area contributed by atoms with Crippen molar-refractivity contribution in [3.63, 3.8) is 0 Å². The van der Waals surface area contributed by atoms with Crippen LogP contribution in [0.4, 0.5) is 0 Å². The van der Waals surface area contributed by atoms with Gasteiger partial charge in [0.05, 0.1) is 11.4 Å². The molecule has 1 heterocycles. The molecule has 0 aromatic carbocycles. The first-order chi connectivity index (χ1) is 7.24. The van der Waals surface area contributed by atoms with E-state index in [0.717, 1.165) is 20.0 Å². The number of aromatic nitrogens is 2. The van der Waals surface area contributed by atoms with Crippen LogP contribution < -0.4 is 0 Å². The van der Waals surface area contributed by atoms with Crippen molar-refractivity contribution in [2.24, 2.45) is 0 Å². The summed E-state index contributed by atoms with van der Waals surface area (Å²) in [6.07, 6.45) is 6.03. The van der Waals surface area contributed by atoms with Crippen LogP contribution in [0.2, 0.25) is 0 Å². The molecule has 0 aliphatic heterocycles. The molecule has 0 saturated heterocycles. The van der Waals surface area contributed by atoms with Gasteiger partial charge in [0.1, 0.15) is 0 Å². The highest BCUT2D eigenvalue weighted by atomic mass is 32.6. The molecule has 0 fully saturated rings. The monoisotopic (exact) mass is 276 g/mol. The van der Waals surface area contributed by atoms with E-state index in [1.807, 2.05) is 12.4 Å². The Morgan fingerprint density at radius 1 is 1.47 bits per heavy atom. The van der Waals surface area contributed by atoms with Gasteiger partial charge in [-0.05, 0) is 18.5 Å². The van der Waals surface area contributed by atoms with Crippen LogP contribution in [0, 0.1) is 0 Å². The van der Waals surface area contributed by atoms with Crippen LogP contribution >= 0.6 is 33.1 Å². The van der Waals surface area contributed by atoms with Gasteiger partial charge in [0.25, 0.3) is 0 Å². The molecular weight excluding hydrogens is 260 g/mol. The summed E-state index contributed by atoms with van der Waals surface area (Å²) < 4.78 is 0. The van der Waals surface area contributed by atoms with Crippen molar-refractivity contribution in [1.82, 2.24) is 9.97 Å². The van der Waals surface area contributed by atoms with Crippen molar-refractivity contribution >= 4 is 33.1 Å². The van der Waals surface area contributed by atoms with Gasteiger partial charge in [-0.25, -0.2) is 0 Å². The van der Waals surface area contributed by atoms with Crippen LogP contribution in [0.15, 0.2) is 12.4 Å². The topological polar surface area (TPSA) is 25.8 Å². The van der Waals surface area contributed by atoms with Crippen molar-refractivity contribution in [2.45, 2.75) is 31.3 Å². The SMILES string of the molecule is C[C@@H]1c2nccnc2CC[C@@H]1P(P)PP. The number of nitrogens with zero attached hydrogens (tertiary/aromatic N) is 2. The van der Waals surface area contributed by atoms with Crippen LogP contribution in [0.1, 0.15) is 30.7 Å². The maximum absolute atomic E-state index is 4.50. The summed E-state index contributed by atoms with van der Waals surface area (Å²) >= 11 is 0. The molecule has 82 valence electrons. The highest BCUT2D eigenvalue weighted by Crippen LogP contribution is 2.72. The van der Waals surface area contributed by atoms with Gasteiger partial charge in [-0.1, -0.05) is 22.2 Å². The molecule has 0 N–H and O–H groups in total. The first kappa shape index (κ1) is 12.3. The molecule has 4 unspecified atom stereocenters. The summed E-state index contributed by atoms with van der Waals surface area (Å²) in [5.74, 6) is 0.583. The van der Waals surface area contributed by atoms with Gasteiger partial charge in [-0.3, -0.25) is 9.97 Å². The maximum atomic E-state index is 4.50. The Balaban J connectivity index is 2.25. The minimum atomic E-state index is 0.0793. The van der Waals surface area contributed by atoms with Crippen LogP contribution in [-0.2, 0) is 6.42 Å². The Morgan fingerprint density at radius 3 is 2.93 bits per heavy atom. The third-order valence-electron chi connectivity index (χ3n) is 3.00. The lowest BCUT2D eigenvalue weighted by Crippen LogP contribution is -2.22. The number of hydrogen-bond donors (Lipinski definition) is 0. The standard InChI is InChI=1S/C9H16N2P4/c1-6-8(15(13)14-12)3-2-7-9(6)11-5-4-10-7/h4-6,8,14H,2-3,12-13H2,1H3/t6-,8-,15?/m0/s1. The van der Waals surface area contributed by atoms with Gasteiger partial charge < -0.3 is 0 Å². The molecule has 1 aliphatic rings. The van der Waals surface area contributed by atoms with Gasteiger partial charge in [0.15, 0.2) is 0 Å². The lowest BCUT2D eigenvalue weighted by molar-refractivity contribution is 0.574. The maximum Gasteiger partial charge on any atom is 0.0653 e. The predicted octanol–water partition coefficient (Wildman–Crippen LogP) is 3.55. The molecule has 1 aromatic rings. The molecule has 0 radical (unpaired) electrons. The summed E-state index contributed by atoms with van der Waals surface area (Å²) in [6, 6.07) is 0. The minimum absolute atomic E-state index is 0.0793. The van der Waals surface area contributed by atoms with Gasteiger partial charge in [0.2, 0.25) is 0 Å². The Morgan fingerprint density at radius 2 is 2.20 bits per heavy atom. The second-order valence-corrected chi connectivity index (χ2v) is 13.4. The van der Waals surface area contributed by atoms with Gasteiger partial charge in [-0.15, -0.1) is 17.9 Å². The van der Waals surface area contributed by atoms with Gasteiger partial charge in [-0.2, -0.15) is 0 Å². The molecule has 6 heteroatoms. The average Bonchev–Trinajstić information content (AvgIpc) is 2.29. The Kier molecular flexibility index (Phi) is 4.43. The first-order valence-corrected chi connectivity index (χ1v) is 11.7. The highest BCUT2D eigenvalue weighted by Gasteiger charge is 2.31. The summed E-state index contributed by atoms with van der Waals surface area (Å²) in [4.78, 5) is 8.93. The smallest absolute Gasteiger partial charge is 0.0653 e. The number of fused-ring (bicyclic) bond motifs is 1. The second-order valence-electron chi connectivity index (χ2n) is 3.82. The van der Waals surface area contributed by atoms with Gasteiger partial charge in [0, 0.05) is 18.3 Å². The molecule has 2 rings (SSSR count). The fraction of sp³-hybridized carbons (Fsp3) is 0.556. The highest BCUT2D eigenvalue weighted by molar-refractivity contribution is 8.61. The molecule has 0 spiro atoms. The third-order valence-corrected chi connectivity index (χ3v) is 14.5. The Hall–Kier alpha value is 0.800. The van der Waals surface area contributed by atoms with Crippen molar-refractivity contribution in [3.05, 3.63) is 23.8 Å². The van der Waals surface area contributed by atoms with Crippen molar-refractivity contribution in [1.29, 1.82) is 0 Å². The van der Waals surface area contributed by atoms with E-state index in [9.17, 15) is 0 Å². The van der Waals surface area contributed by atoms with Crippen LogP contribution in [0.5, 0.6) is 0 Å². The molecule has 0 bridgehead atoms. The first-order valence-electron chi connectivity index (χ1n) is 5.04. The molecule has 0 amide bonds. The zero-order chi connectivity index (χ0) is 10.8. The molecule has 0 saturated carbocycles. The summed E-state index contributed by atoms with van der Waals surface area (Å²) in [7, 11) is 7.01. The minimum Gasteiger partial charge on any atom is -0.258 e. The normalized spacial score (nSPS) is 27.9. The largest absolute Gasteiger partial charge is 0.258 e. The van der Waals surface area contributed by atoms with Crippen LogP contribution in [0.25, 0.3) is 0 Å². The summed E-state index contributed by atoms with van der Waals surface area (Å²) in [5, 5.41) is 0. The van der Waals surface area contributed by atoms with E-state index in [1.54, 1.807) is 0 Å². The van der Waals surface area contributed by atoms with Crippen LogP contribution in [-0.4, -0.2) is 15.6 Å². The third kappa shape index (κ3) is 2.56. The molecule has 1 aromatic heterocycles. The lowest BCUT2D eigenvalue weighted by Gasteiger charge is -2.33. The van der Waals surface area contributed by atoms with Crippen LogP contribution in [0.3, 0.4) is 0 Å². The fourth-order valence-electron chi connectivity index (χ4n) is 2.14. The Labute approximate surface area is 98.4 Å². The average molecular weight is 276 g/mol. The fourth-order valence-corrected chi connectivity index (χ4v) is 7.94. The second kappa shape index (κ2) is 5.42. The summed E-state index contributed by atoms with van der Waals surface area (Å²) in [5.41, 5.74) is 3.28. The number of hydrogen-bond acceptors (Lipinski definition) is 2. The summed E-state index contributed by atoms with van der Waals surface area (Å²) in [6.45, 7) is 2.31. The van der Waals surface area contributed by atoms with Crippen molar-refractivity contribution < 1.29 is 0 Å². The number of aryl methyl sites for hydroxylation is 1.